The maximum absolute atomic E-state index is 14.0. The molecule has 1 fully saturated rings. The molecule has 0 spiro atoms. The monoisotopic (exact) mass is 504 g/mol. The standard InChI is InChI=1S/C25H26ClFN2O6/c1-13(2)33-24(32)22-18(12-17-11-16(26)7-8-28-17)23(31)29(22)21(30)9-14(3)15-5-6-19-20(10-15)35-25(4,27)34-19/h5-8,10-11,13-14,18,22H,9,12H2,1-4H3/t14-,18+,22-,25?/m0/s1. The van der Waals surface area contributed by atoms with Crippen molar-refractivity contribution in [2.75, 3.05) is 0 Å². The molecule has 2 aliphatic heterocycles. The number of halogens is 2. The molecule has 4 atom stereocenters. The highest BCUT2D eigenvalue weighted by Crippen LogP contribution is 2.42. The van der Waals surface area contributed by atoms with Gasteiger partial charge in [-0.2, -0.15) is 4.39 Å². The van der Waals surface area contributed by atoms with E-state index in [2.05, 4.69) is 4.98 Å². The highest BCUT2D eigenvalue weighted by molar-refractivity contribution is 6.30. The molecule has 0 saturated carbocycles. The van der Waals surface area contributed by atoms with Crippen molar-refractivity contribution < 1.29 is 33.0 Å². The maximum atomic E-state index is 14.0. The Kier molecular flexibility index (Phi) is 6.73. The van der Waals surface area contributed by atoms with Crippen LogP contribution in [0, 0.1) is 5.92 Å². The van der Waals surface area contributed by atoms with Gasteiger partial charge in [-0.25, -0.2) is 4.79 Å². The molecule has 8 nitrogen and oxygen atoms in total. The summed E-state index contributed by atoms with van der Waals surface area (Å²) < 4.78 is 29.5. The minimum Gasteiger partial charge on any atom is -0.461 e. The van der Waals surface area contributed by atoms with E-state index in [1.54, 1.807) is 51.1 Å². The van der Waals surface area contributed by atoms with Crippen molar-refractivity contribution in [1.82, 2.24) is 9.88 Å². The van der Waals surface area contributed by atoms with Gasteiger partial charge in [-0.3, -0.25) is 19.5 Å². The third kappa shape index (κ3) is 5.24. The number of ether oxygens (including phenoxy) is 3. The zero-order valence-corrected chi connectivity index (χ0v) is 20.5. The normalized spacial score (nSPS) is 23.7. The van der Waals surface area contributed by atoms with Crippen LogP contribution >= 0.6 is 11.6 Å². The molecule has 1 unspecified atom stereocenters. The Morgan fingerprint density at radius 1 is 1.20 bits per heavy atom. The summed E-state index contributed by atoms with van der Waals surface area (Å²) in [5.41, 5.74) is 1.24. The van der Waals surface area contributed by atoms with E-state index in [1.165, 1.54) is 6.20 Å². The fourth-order valence-corrected chi connectivity index (χ4v) is 4.45. The lowest BCUT2D eigenvalue weighted by Gasteiger charge is -2.44. The Morgan fingerprint density at radius 2 is 1.91 bits per heavy atom. The summed E-state index contributed by atoms with van der Waals surface area (Å²) in [6, 6.07) is 4.82. The van der Waals surface area contributed by atoms with E-state index in [0.29, 0.717) is 16.3 Å². The largest absolute Gasteiger partial charge is 0.461 e. The number of nitrogens with zero attached hydrogens (tertiary/aromatic N) is 2. The second kappa shape index (κ2) is 9.45. The smallest absolute Gasteiger partial charge is 0.404 e. The lowest BCUT2D eigenvalue weighted by Crippen LogP contribution is -2.67. The van der Waals surface area contributed by atoms with Gasteiger partial charge < -0.3 is 14.2 Å². The van der Waals surface area contributed by atoms with Gasteiger partial charge in [0.1, 0.15) is 6.04 Å². The van der Waals surface area contributed by atoms with Gasteiger partial charge in [-0.15, -0.1) is 0 Å². The Bertz CT molecular complexity index is 1170. The number of carbonyl (C=O) groups excluding carboxylic acids is 3. The summed E-state index contributed by atoms with van der Waals surface area (Å²) in [7, 11) is 0. The molecule has 1 saturated heterocycles. The van der Waals surface area contributed by atoms with Crippen molar-refractivity contribution in [3.05, 3.63) is 52.8 Å². The van der Waals surface area contributed by atoms with Crippen LogP contribution in [0.2, 0.25) is 5.02 Å². The van der Waals surface area contributed by atoms with Crippen LogP contribution < -0.4 is 9.47 Å². The van der Waals surface area contributed by atoms with E-state index >= 15 is 0 Å². The number of imide groups is 1. The predicted octanol–water partition coefficient (Wildman–Crippen LogP) is 4.19. The number of hydrogen-bond donors (Lipinski definition) is 0. The first-order chi connectivity index (χ1) is 16.4. The molecule has 35 heavy (non-hydrogen) atoms. The van der Waals surface area contributed by atoms with Gasteiger partial charge >= 0.3 is 12.0 Å². The van der Waals surface area contributed by atoms with Gasteiger partial charge in [0.2, 0.25) is 11.8 Å². The number of likely N-dealkylation sites (tertiary alicyclic amines) is 1. The van der Waals surface area contributed by atoms with E-state index < -0.39 is 41.9 Å². The Balaban J connectivity index is 1.49. The topological polar surface area (TPSA) is 95.0 Å². The van der Waals surface area contributed by atoms with E-state index in [9.17, 15) is 18.8 Å². The van der Waals surface area contributed by atoms with E-state index in [4.69, 9.17) is 25.8 Å². The van der Waals surface area contributed by atoms with Gasteiger partial charge in [0, 0.05) is 36.7 Å². The number of esters is 1. The summed E-state index contributed by atoms with van der Waals surface area (Å²) in [5.74, 6) is -2.23. The molecule has 2 amide bonds. The fourth-order valence-electron chi connectivity index (χ4n) is 4.27. The SMILES string of the molecule is CC(C)OC(=O)[C@@H]1[C@@H](Cc2cc(Cl)ccn2)C(=O)N1C(=O)C[C@H](C)c1ccc2c(c1)OC(C)(F)O2. The van der Waals surface area contributed by atoms with E-state index in [-0.39, 0.29) is 30.3 Å². The van der Waals surface area contributed by atoms with Crippen molar-refractivity contribution in [3.8, 4) is 11.5 Å². The summed E-state index contributed by atoms with van der Waals surface area (Å²) >= 11 is 6.02. The number of hydrogen-bond acceptors (Lipinski definition) is 7. The molecule has 0 aliphatic carbocycles. The third-order valence-electron chi connectivity index (χ3n) is 5.89. The van der Waals surface area contributed by atoms with Crippen LogP contribution in [0.3, 0.4) is 0 Å². The van der Waals surface area contributed by atoms with Gasteiger partial charge in [-0.1, -0.05) is 24.6 Å². The van der Waals surface area contributed by atoms with Gasteiger partial charge in [0.05, 0.1) is 12.0 Å². The average Bonchev–Trinajstić information content (AvgIpc) is 3.07. The van der Waals surface area contributed by atoms with Crippen LogP contribution in [0.25, 0.3) is 0 Å². The van der Waals surface area contributed by atoms with Crippen LogP contribution in [0.5, 0.6) is 11.5 Å². The molecule has 0 bridgehead atoms. The molecular formula is C25H26ClFN2O6. The number of β-lactam (4-membered cyclic amide) rings is 1. The number of alkyl halides is 1. The fraction of sp³-hybridized carbons (Fsp3) is 0.440. The Hall–Kier alpha value is -3.20. The highest BCUT2D eigenvalue weighted by Gasteiger charge is 2.55. The van der Waals surface area contributed by atoms with Crippen LogP contribution in [0.4, 0.5) is 4.39 Å². The second-order valence-electron chi connectivity index (χ2n) is 9.16. The summed E-state index contributed by atoms with van der Waals surface area (Å²) in [5, 5.41) is 0.460. The first-order valence-electron chi connectivity index (χ1n) is 11.3. The van der Waals surface area contributed by atoms with E-state index in [1.807, 2.05) is 0 Å². The minimum absolute atomic E-state index is 0.0497. The molecule has 3 heterocycles. The van der Waals surface area contributed by atoms with Crippen molar-refractivity contribution in [3.63, 3.8) is 0 Å². The lowest BCUT2D eigenvalue weighted by atomic mass is 9.82. The summed E-state index contributed by atoms with van der Waals surface area (Å²) in [4.78, 5) is 44.2. The maximum Gasteiger partial charge on any atom is 0.404 e. The average molecular weight is 505 g/mol. The quantitative estimate of drug-likeness (QED) is 0.412. The number of aromatic nitrogens is 1. The number of fused-ring (bicyclic) bond motifs is 1. The zero-order valence-electron chi connectivity index (χ0n) is 19.8. The molecule has 2 aromatic rings. The van der Waals surface area contributed by atoms with Crippen LogP contribution in [-0.2, 0) is 25.5 Å². The summed E-state index contributed by atoms with van der Waals surface area (Å²) in [6.07, 6.45) is 1.21. The third-order valence-corrected chi connectivity index (χ3v) is 6.12. The minimum atomic E-state index is -2.25. The van der Waals surface area contributed by atoms with Crippen molar-refractivity contribution in [2.45, 2.75) is 64.6 Å². The Labute approximate surface area is 207 Å². The molecule has 2 aliphatic rings. The number of benzene rings is 1. The molecular weight excluding hydrogens is 479 g/mol. The molecule has 1 aromatic carbocycles. The van der Waals surface area contributed by atoms with Crippen molar-refractivity contribution in [2.24, 2.45) is 5.92 Å². The van der Waals surface area contributed by atoms with E-state index in [0.717, 1.165) is 11.8 Å². The van der Waals surface area contributed by atoms with Crippen molar-refractivity contribution >= 4 is 29.4 Å². The molecule has 186 valence electrons. The predicted molar refractivity (Wildman–Crippen MR) is 124 cm³/mol. The zero-order chi connectivity index (χ0) is 25.5. The van der Waals surface area contributed by atoms with Gasteiger partial charge in [0.25, 0.3) is 0 Å². The van der Waals surface area contributed by atoms with Gasteiger partial charge in [0.15, 0.2) is 11.5 Å². The van der Waals surface area contributed by atoms with Crippen LogP contribution in [-0.4, -0.2) is 45.9 Å². The number of carbonyl (C=O) groups is 3. The first-order valence-corrected chi connectivity index (χ1v) is 11.7. The molecule has 0 N–H and O–H groups in total. The summed E-state index contributed by atoms with van der Waals surface area (Å²) in [6.45, 7) is 6.34. The lowest BCUT2D eigenvalue weighted by molar-refractivity contribution is -0.181. The first kappa shape index (κ1) is 24.9. The van der Waals surface area contributed by atoms with Crippen LogP contribution in [0.15, 0.2) is 36.5 Å². The van der Waals surface area contributed by atoms with Crippen LogP contribution in [0.1, 0.15) is 51.3 Å². The molecule has 0 radical (unpaired) electrons. The second-order valence-corrected chi connectivity index (χ2v) is 9.60. The highest BCUT2D eigenvalue weighted by atomic mass is 35.5. The number of rotatable bonds is 7. The Morgan fingerprint density at radius 3 is 2.60 bits per heavy atom. The number of amides is 2. The molecule has 1 aromatic heterocycles. The van der Waals surface area contributed by atoms with Gasteiger partial charge in [-0.05, 0) is 49.6 Å². The number of pyridine rings is 1. The molecule has 10 heteroatoms. The van der Waals surface area contributed by atoms with Crippen molar-refractivity contribution in [1.29, 1.82) is 0 Å². The molecule has 4 rings (SSSR count).